The van der Waals surface area contributed by atoms with E-state index in [1.54, 1.807) is 37.3 Å². The second-order valence-corrected chi connectivity index (χ2v) is 6.02. The Morgan fingerprint density at radius 2 is 1.94 bits per heavy atom. The average molecular weight is 271 g/mol. The van der Waals surface area contributed by atoms with Crippen molar-refractivity contribution in [2.24, 2.45) is 4.99 Å². The molecule has 0 spiro atoms. The lowest BCUT2D eigenvalue weighted by molar-refractivity contribution is 0.568. The second kappa shape index (κ2) is 4.50. The molecule has 0 aliphatic carbocycles. The van der Waals surface area contributed by atoms with E-state index in [0.717, 1.165) is 0 Å². The van der Waals surface area contributed by atoms with Gasteiger partial charge in [-0.3, -0.25) is 4.99 Å². The Kier molecular flexibility index (Phi) is 3.22. The molecule has 1 heterocycles. The number of hydrogen-bond donors (Lipinski definition) is 1. The molecular weight excluding hydrogens is 260 g/mol. The first-order chi connectivity index (χ1) is 8.01. The molecule has 1 N–H and O–H groups in total. The molecule has 1 atom stereocenters. The highest BCUT2D eigenvalue weighted by Crippen LogP contribution is 2.19. The van der Waals surface area contributed by atoms with Crippen molar-refractivity contribution in [2.45, 2.75) is 17.3 Å². The zero-order valence-corrected chi connectivity index (χ0v) is 10.7. The van der Waals surface area contributed by atoms with Crippen molar-refractivity contribution in [3.63, 3.8) is 0 Å². The number of nitrogens with zero attached hydrogens (tertiary/aromatic N) is 1. The highest BCUT2D eigenvalue weighted by Gasteiger charge is 2.28. The molecule has 1 aliphatic heterocycles. The summed E-state index contributed by atoms with van der Waals surface area (Å²) in [7, 11) is -3.52. The Balaban J connectivity index is 2.35. The summed E-state index contributed by atoms with van der Waals surface area (Å²) in [5.74, 6) is 0. The Labute approximate surface area is 105 Å². The maximum absolute atomic E-state index is 12.2. The van der Waals surface area contributed by atoms with Gasteiger partial charge in [-0.05, 0) is 19.1 Å². The Morgan fingerprint density at radius 3 is 2.53 bits per heavy atom. The van der Waals surface area contributed by atoms with Crippen LogP contribution in [0.3, 0.4) is 0 Å². The van der Waals surface area contributed by atoms with Crippen LogP contribution >= 0.6 is 11.6 Å². The standard InChI is InChI=1S/C11H11ClN2O2S/c1-8-10(12)7-13-11(14-8)17(15,16)9-5-3-2-4-6-9/h2-7,11,14H,1H3. The third-order valence-electron chi connectivity index (χ3n) is 2.39. The van der Waals surface area contributed by atoms with E-state index in [9.17, 15) is 8.42 Å². The molecule has 0 bridgehead atoms. The van der Waals surface area contributed by atoms with E-state index >= 15 is 0 Å². The van der Waals surface area contributed by atoms with Gasteiger partial charge in [0, 0.05) is 11.9 Å². The third kappa shape index (κ3) is 2.35. The maximum Gasteiger partial charge on any atom is 0.226 e. The molecule has 17 heavy (non-hydrogen) atoms. The van der Waals surface area contributed by atoms with Gasteiger partial charge in [-0.1, -0.05) is 29.8 Å². The van der Waals surface area contributed by atoms with Crippen molar-refractivity contribution in [1.82, 2.24) is 5.32 Å². The molecule has 1 aromatic rings. The van der Waals surface area contributed by atoms with Crippen LogP contribution < -0.4 is 5.32 Å². The van der Waals surface area contributed by atoms with Gasteiger partial charge in [-0.15, -0.1) is 0 Å². The highest BCUT2D eigenvalue weighted by atomic mass is 35.5. The quantitative estimate of drug-likeness (QED) is 0.893. The number of halogens is 1. The number of aliphatic imine (C=N–C) groups is 1. The van der Waals surface area contributed by atoms with Crippen LogP contribution in [0.1, 0.15) is 6.92 Å². The van der Waals surface area contributed by atoms with Gasteiger partial charge >= 0.3 is 0 Å². The summed E-state index contributed by atoms with van der Waals surface area (Å²) < 4.78 is 24.4. The topological polar surface area (TPSA) is 58.5 Å². The van der Waals surface area contributed by atoms with Crippen molar-refractivity contribution in [3.05, 3.63) is 41.1 Å². The Bertz CT molecular complexity index is 579. The van der Waals surface area contributed by atoms with Gasteiger partial charge < -0.3 is 5.32 Å². The minimum absolute atomic E-state index is 0.237. The first-order valence-electron chi connectivity index (χ1n) is 4.97. The van der Waals surface area contributed by atoms with Crippen LogP contribution in [-0.2, 0) is 9.84 Å². The lowest BCUT2D eigenvalue weighted by atomic mass is 10.4. The van der Waals surface area contributed by atoms with Crippen LogP contribution in [0, 0.1) is 0 Å². The summed E-state index contributed by atoms with van der Waals surface area (Å²) in [5, 5.41) is 3.19. The van der Waals surface area contributed by atoms with Crippen molar-refractivity contribution < 1.29 is 8.42 Å². The van der Waals surface area contributed by atoms with Crippen molar-refractivity contribution in [2.75, 3.05) is 0 Å². The highest BCUT2D eigenvalue weighted by molar-refractivity contribution is 7.92. The molecule has 1 unspecified atom stereocenters. The third-order valence-corrected chi connectivity index (χ3v) is 4.52. The van der Waals surface area contributed by atoms with Crippen molar-refractivity contribution in [1.29, 1.82) is 0 Å². The zero-order valence-electron chi connectivity index (χ0n) is 9.09. The second-order valence-electron chi connectivity index (χ2n) is 3.61. The van der Waals surface area contributed by atoms with E-state index < -0.39 is 15.3 Å². The normalized spacial score (nSPS) is 20.2. The number of hydrogen-bond acceptors (Lipinski definition) is 4. The van der Waals surface area contributed by atoms with Crippen molar-refractivity contribution >= 4 is 27.7 Å². The van der Waals surface area contributed by atoms with E-state index in [-0.39, 0.29) is 4.90 Å². The molecule has 0 saturated heterocycles. The summed E-state index contributed by atoms with van der Waals surface area (Å²) in [5.41, 5.74) is -0.404. The SMILES string of the molecule is CC1=C(Cl)C=NC(S(=O)(=O)c2ccccc2)N1. The average Bonchev–Trinajstić information content (AvgIpc) is 2.33. The van der Waals surface area contributed by atoms with E-state index in [1.807, 2.05) is 0 Å². The summed E-state index contributed by atoms with van der Waals surface area (Å²) in [4.78, 5) is 4.13. The molecule has 1 aliphatic rings. The lowest BCUT2D eigenvalue weighted by Crippen LogP contribution is -2.36. The minimum atomic E-state index is -3.52. The van der Waals surface area contributed by atoms with E-state index in [0.29, 0.717) is 10.7 Å². The summed E-state index contributed by atoms with van der Waals surface area (Å²) in [6.45, 7) is 1.71. The molecular formula is C11H11ClN2O2S. The Hall–Kier alpha value is -1.33. The maximum atomic E-state index is 12.2. The zero-order chi connectivity index (χ0) is 12.5. The molecule has 0 radical (unpaired) electrons. The molecule has 90 valence electrons. The van der Waals surface area contributed by atoms with Crippen molar-refractivity contribution in [3.8, 4) is 0 Å². The number of benzene rings is 1. The smallest absolute Gasteiger partial charge is 0.226 e. The number of nitrogens with one attached hydrogen (secondary N) is 1. The number of allylic oxidation sites excluding steroid dienone is 2. The van der Waals surface area contributed by atoms with Gasteiger partial charge in [0.2, 0.25) is 15.3 Å². The van der Waals surface area contributed by atoms with Gasteiger partial charge in [0.15, 0.2) is 0 Å². The van der Waals surface area contributed by atoms with Crippen LogP contribution in [0.2, 0.25) is 0 Å². The predicted octanol–water partition coefficient (Wildman–Crippen LogP) is 1.89. The molecule has 0 amide bonds. The predicted molar refractivity (Wildman–Crippen MR) is 67.6 cm³/mol. The molecule has 0 saturated carbocycles. The number of sulfone groups is 1. The lowest BCUT2D eigenvalue weighted by Gasteiger charge is -2.20. The molecule has 0 aromatic heterocycles. The minimum Gasteiger partial charge on any atom is -0.353 e. The molecule has 2 rings (SSSR count). The van der Waals surface area contributed by atoms with Crippen LogP contribution in [0.15, 0.2) is 50.9 Å². The molecule has 6 heteroatoms. The summed E-state index contributed by atoms with van der Waals surface area (Å²) in [6.07, 6.45) is 1.36. The van der Waals surface area contributed by atoms with E-state index in [4.69, 9.17) is 11.6 Å². The van der Waals surface area contributed by atoms with Gasteiger partial charge in [0.25, 0.3) is 0 Å². The first-order valence-corrected chi connectivity index (χ1v) is 6.89. The van der Waals surface area contributed by atoms with E-state index in [2.05, 4.69) is 10.3 Å². The van der Waals surface area contributed by atoms with Gasteiger partial charge in [0.05, 0.1) is 9.93 Å². The van der Waals surface area contributed by atoms with Gasteiger partial charge in [0.1, 0.15) is 0 Å². The summed E-state index contributed by atoms with van der Waals surface area (Å²) in [6, 6.07) is 8.20. The monoisotopic (exact) mass is 270 g/mol. The largest absolute Gasteiger partial charge is 0.353 e. The first kappa shape index (κ1) is 12.1. The van der Waals surface area contributed by atoms with Crippen LogP contribution in [0.5, 0.6) is 0 Å². The fraction of sp³-hybridized carbons (Fsp3) is 0.182. The van der Waals surface area contributed by atoms with Crippen LogP contribution in [0.4, 0.5) is 0 Å². The van der Waals surface area contributed by atoms with Crippen LogP contribution in [0.25, 0.3) is 0 Å². The van der Waals surface area contributed by atoms with Gasteiger partial charge in [-0.2, -0.15) is 0 Å². The Morgan fingerprint density at radius 1 is 1.29 bits per heavy atom. The fourth-order valence-electron chi connectivity index (χ4n) is 1.42. The summed E-state index contributed by atoms with van der Waals surface area (Å²) >= 11 is 5.80. The molecule has 0 fully saturated rings. The molecule has 4 nitrogen and oxygen atoms in total. The fourth-order valence-corrected chi connectivity index (χ4v) is 2.88. The van der Waals surface area contributed by atoms with E-state index in [1.165, 1.54) is 6.21 Å². The van der Waals surface area contributed by atoms with Crippen LogP contribution in [-0.4, -0.2) is 20.1 Å². The van der Waals surface area contributed by atoms with Gasteiger partial charge in [-0.25, -0.2) is 8.42 Å². The molecule has 1 aromatic carbocycles. The number of rotatable bonds is 2.